The predicted molar refractivity (Wildman–Crippen MR) is 81.6 cm³/mol. The Labute approximate surface area is 121 Å². The molecule has 0 fully saturated rings. The van der Waals surface area contributed by atoms with Crippen LogP contribution in [0, 0.1) is 5.41 Å². The topological polar surface area (TPSA) is 64.3 Å². The van der Waals surface area contributed by atoms with Crippen LogP contribution in [0.4, 0.5) is 0 Å². The predicted octanol–water partition coefficient (Wildman–Crippen LogP) is 2.64. The number of ether oxygens (including phenoxy) is 1. The van der Waals surface area contributed by atoms with E-state index in [9.17, 15) is 4.79 Å². The van der Waals surface area contributed by atoms with Gasteiger partial charge in [-0.05, 0) is 37.0 Å². The van der Waals surface area contributed by atoms with Crippen LogP contribution < -0.4 is 15.8 Å². The molecule has 0 spiro atoms. The van der Waals surface area contributed by atoms with E-state index in [1.54, 1.807) is 0 Å². The molecule has 0 aliphatic heterocycles. The van der Waals surface area contributed by atoms with Gasteiger partial charge in [-0.25, -0.2) is 0 Å². The molecule has 0 aliphatic carbocycles. The molecule has 4 heteroatoms. The van der Waals surface area contributed by atoms with Crippen LogP contribution in [-0.2, 0) is 4.79 Å². The third kappa shape index (κ3) is 4.53. The summed E-state index contributed by atoms with van der Waals surface area (Å²) in [4.78, 5) is 12.1. The minimum absolute atomic E-state index is 0.0772. The lowest BCUT2D eigenvalue weighted by Gasteiger charge is -2.27. The monoisotopic (exact) mass is 278 g/mol. The van der Waals surface area contributed by atoms with Gasteiger partial charge in [0.2, 0.25) is 5.91 Å². The number of carbonyl (C=O) groups is 1. The van der Waals surface area contributed by atoms with E-state index in [4.69, 9.17) is 10.5 Å². The van der Waals surface area contributed by atoms with E-state index < -0.39 is 6.04 Å². The second-order valence-electron chi connectivity index (χ2n) is 6.08. The average Bonchev–Trinajstić information content (AvgIpc) is 2.37. The molecule has 112 valence electrons. The molecular weight excluding hydrogens is 252 g/mol. The molecule has 0 aliphatic rings. The van der Waals surface area contributed by atoms with Crippen molar-refractivity contribution in [3.8, 4) is 5.75 Å². The molecule has 3 N–H and O–H groups in total. The third-order valence-electron chi connectivity index (χ3n) is 3.27. The van der Waals surface area contributed by atoms with Crippen LogP contribution in [0.3, 0.4) is 0 Å². The van der Waals surface area contributed by atoms with Gasteiger partial charge in [-0.1, -0.05) is 32.9 Å². The van der Waals surface area contributed by atoms with Crippen LogP contribution in [0.15, 0.2) is 24.3 Å². The number of rotatable bonds is 5. The van der Waals surface area contributed by atoms with Gasteiger partial charge < -0.3 is 15.8 Å². The van der Waals surface area contributed by atoms with Crippen LogP contribution in [0.1, 0.15) is 46.2 Å². The van der Waals surface area contributed by atoms with Gasteiger partial charge in [-0.2, -0.15) is 0 Å². The molecule has 1 rings (SSSR count). The molecule has 0 saturated heterocycles. The quantitative estimate of drug-likeness (QED) is 0.870. The molecular formula is C16H26N2O2. The Kier molecular flexibility index (Phi) is 5.57. The van der Waals surface area contributed by atoms with E-state index >= 15 is 0 Å². The second-order valence-corrected chi connectivity index (χ2v) is 6.08. The Balaban J connectivity index is 2.66. The summed E-state index contributed by atoms with van der Waals surface area (Å²) in [6, 6.07) is 7.13. The van der Waals surface area contributed by atoms with Gasteiger partial charge in [0.1, 0.15) is 5.75 Å². The van der Waals surface area contributed by atoms with Gasteiger partial charge in [0.25, 0.3) is 0 Å². The van der Waals surface area contributed by atoms with Crippen molar-refractivity contribution >= 4 is 5.91 Å². The summed E-state index contributed by atoms with van der Waals surface area (Å²) in [5, 5.41) is 2.95. The summed E-state index contributed by atoms with van der Waals surface area (Å²) in [6.07, 6.45) is 0. The fraction of sp³-hybridized carbons (Fsp3) is 0.562. The maximum absolute atomic E-state index is 12.1. The molecule has 1 aromatic carbocycles. The lowest BCUT2D eigenvalue weighted by atomic mass is 9.86. The summed E-state index contributed by atoms with van der Waals surface area (Å²) >= 11 is 0. The van der Waals surface area contributed by atoms with Crippen LogP contribution in [0.25, 0.3) is 0 Å². The number of benzene rings is 1. The van der Waals surface area contributed by atoms with E-state index in [-0.39, 0.29) is 17.4 Å². The molecule has 0 saturated carbocycles. The van der Waals surface area contributed by atoms with E-state index in [1.165, 1.54) is 0 Å². The highest BCUT2D eigenvalue weighted by atomic mass is 16.5. The maximum atomic E-state index is 12.1. The van der Waals surface area contributed by atoms with Crippen molar-refractivity contribution < 1.29 is 9.53 Å². The maximum Gasteiger partial charge on any atom is 0.237 e. The first-order valence-corrected chi connectivity index (χ1v) is 7.04. The molecule has 0 heterocycles. The molecule has 4 nitrogen and oxygen atoms in total. The van der Waals surface area contributed by atoms with Crippen molar-refractivity contribution in [1.29, 1.82) is 0 Å². The van der Waals surface area contributed by atoms with E-state index in [2.05, 4.69) is 5.32 Å². The van der Waals surface area contributed by atoms with Crippen molar-refractivity contribution in [2.45, 2.75) is 46.7 Å². The fourth-order valence-electron chi connectivity index (χ4n) is 1.80. The van der Waals surface area contributed by atoms with Crippen molar-refractivity contribution in [2.24, 2.45) is 11.1 Å². The van der Waals surface area contributed by atoms with Gasteiger partial charge >= 0.3 is 0 Å². The number of hydrogen-bond acceptors (Lipinski definition) is 3. The first-order valence-electron chi connectivity index (χ1n) is 7.04. The summed E-state index contributed by atoms with van der Waals surface area (Å²) in [7, 11) is 0. The van der Waals surface area contributed by atoms with Gasteiger partial charge in [-0.3, -0.25) is 4.79 Å². The molecule has 1 amide bonds. The largest absolute Gasteiger partial charge is 0.494 e. The van der Waals surface area contributed by atoms with Crippen LogP contribution in [0.2, 0.25) is 0 Å². The van der Waals surface area contributed by atoms with Crippen molar-refractivity contribution in [3.63, 3.8) is 0 Å². The molecule has 20 heavy (non-hydrogen) atoms. The first-order chi connectivity index (χ1) is 9.25. The number of carbonyl (C=O) groups excluding carboxylic acids is 1. The average molecular weight is 278 g/mol. The standard InChI is InChI=1S/C16H26N2O2/c1-6-20-13-9-7-12(8-10-13)11(2)18-15(19)14(17)16(3,4)5/h7-11,14H,6,17H2,1-5H3,(H,18,19)/t11?,14-/m1/s1. The highest BCUT2D eigenvalue weighted by molar-refractivity contribution is 5.82. The molecule has 0 radical (unpaired) electrons. The van der Waals surface area contributed by atoms with E-state index in [0.29, 0.717) is 6.61 Å². The summed E-state index contributed by atoms with van der Waals surface area (Å²) in [6.45, 7) is 10.4. The molecule has 0 bridgehead atoms. The minimum atomic E-state index is -0.521. The van der Waals surface area contributed by atoms with Crippen molar-refractivity contribution in [2.75, 3.05) is 6.61 Å². The molecule has 1 aromatic rings. The zero-order valence-electron chi connectivity index (χ0n) is 13.1. The zero-order valence-corrected chi connectivity index (χ0v) is 13.1. The van der Waals surface area contributed by atoms with Crippen LogP contribution in [-0.4, -0.2) is 18.6 Å². The number of hydrogen-bond donors (Lipinski definition) is 2. The lowest BCUT2D eigenvalue weighted by molar-refractivity contribution is -0.125. The van der Waals surface area contributed by atoms with E-state index in [0.717, 1.165) is 11.3 Å². The Morgan fingerprint density at radius 3 is 2.30 bits per heavy atom. The van der Waals surface area contributed by atoms with E-state index in [1.807, 2.05) is 58.9 Å². The fourth-order valence-corrected chi connectivity index (χ4v) is 1.80. The summed E-state index contributed by atoms with van der Waals surface area (Å²) in [5.41, 5.74) is 6.74. The Bertz CT molecular complexity index is 435. The number of amides is 1. The van der Waals surface area contributed by atoms with Crippen molar-refractivity contribution in [3.05, 3.63) is 29.8 Å². The zero-order chi connectivity index (χ0) is 15.3. The first kappa shape index (κ1) is 16.5. The SMILES string of the molecule is CCOc1ccc(C(C)NC(=O)[C@@H](N)C(C)(C)C)cc1. The summed E-state index contributed by atoms with van der Waals surface area (Å²) < 4.78 is 5.40. The lowest BCUT2D eigenvalue weighted by Crippen LogP contribution is -2.49. The molecule has 0 aromatic heterocycles. The van der Waals surface area contributed by atoms with Crippen molar-refractivity contribution in [1.82, 2.24) is 5.32 Å². The van der Waals surface area contributed by atoms with Gasteiger partial charge in [0.15, 0.2) is 0 Å². The molecule has 1 unspecified atom stereocenters. The minimum Gasteiger partial charge on any atom is -0.494 e. The summed E-state index contributed by atoms with van der Waals surface area (Å²) in [5.74, 6) is 0.708. The van der Waals surface area contributed by atoms with Crippen LogP contribution in [0.5, 0.6) is 5.75 Å². The smallest absolute Gasteiger partial charge is 0.237 e. The Morgan fingerprint density at radius 1 is 1.30 bits per heavy atom. The highest BCUT2D eigenvalue weighted by Crippen LogP contribution is 2.20. The van der Waals surface area contributed by atoms with Gasteiger partial charge in [-0.15, -0.1) is 0 Å². The Morgan fingerprint density at radius 2 is 1.85 bits per heavy atom. The van der Waals surface area contributed by atoms with Gasteiger partial charge in [0, 0.05) is 0 Å². The van der Waals surface area contributed by atoms with Crippen LogP contribution >= 0.6 is 0 Å². The Hall–Kier alpha value is -1.55. The molecule has 2 atom stereocenters. The number of nitrogens with two attached hydrogens (primary N) is 1. The third-order valence-corrected chi connectivity index (χ3v) is 3.27. The highest BCUT2D eigenvalue weighted by Gasteiger charge is 2.28. The van der Waals surface area contributed by atoms with Gasteiger partial charge in [0.05, 0.1) is 18.7 Å². The number of nitrogens with one attached hydrogen (secondary N) is 1. The second kappa shape index (κ2) is 6.75. The normalized spacial score (nSPS) is 14.5.